The van der Waals surface area contributed by atoms with Crippen LogP contribution in [0, 0.1) is 0 Å². The Morgan fingerprint density at radius 3 is 2.57 bits per heavy atom. The minimum absolute atomic E-state index is 0.101. The van der Waals surface area contributed by atoms with Crippen molar-refractivity contribution >= 4 is 39.2 Å². The molecule has 4 rings (SSSR count). The standard InChI is InChI=1S/C23H18BrNO3/c1-27-22-13-16(12-19-18-4-2-3-5-20(18)25-23(19)26)8-11-21(22)28-14-15-6-9-17(24)10-7-15/h2-13H,14H2,1H3,(H,25,26)/b19-12-. The van der Waals surface area contributed by atoms with E-state index in [1.54, 1.807) is 7.11 Å². The third-order valence-corrected chi connectivity index (χ3v) is 5.05. The van der Waals surface area contributed by atoms with Gasteiger partial charge in [-0.05, 0) is 47.5 Å². The molecule has 1 amide bonds. The Labute approximate surface area is 171 Å². The summed E-state index contributed by atoms with van der Waals surface area (Å²) >= 11 is 3.43. The molecular weight excluding hydrogens is 418 g/mol. The van der Waals surface area contributed by atoms with Gasteiger partial charge in [0.2, 0.25) is 0 Å². The maximum atomic E-state index is 12.3. The molecule has 1 aliphatic heterocycles. The van der Waals surface area contributed by atoms with Gasteiger partial charge in [-0.1, -0.05) is 52.3 Å². The van der Waals surface area contributed by atoms with Crippen molar-refractivity contribution in [3.05, 3.63) is 87.9 Å². The lowest BCUT2D eigenvalue weighted by molar-refractivity contribution is -0.110. The van der Waals surface area contributed by atoms with Gasteiger partial charge in [-0.25, -0.2) is 0 Å². The quantitative estimate of drug-likeness (QED) is 0.535. The zero-order valence-electron chi connectivity index (χ0n) is 15.2. The molecule has 0 unspecified atom stereocenters. The number of hydrogen-bond acceptors (Lipinski definition) is 3. The molecule has 0 fully saturated rings. The highest BCUT2D eigenvalue weighted by molar-refractivity contribution is 9.10. The molecule has 1 aliphatic rings. The number of benzene rings is 3. The fourth-order valence-corrected chi connectivity index (χ4v) is 3.35. The lowest BCUT2D eigenvalue weighted by atomic mass is 10.0. The van der Waals surface area contributed by atoms with Crippen molar-refractivity contribution in [2.24, 2.45) is 0 Å². The Morgan fingerprint density at radius 1 is 1.00 bits per heavy atom. The molecule has 0 aromatic heterocycles. The van der Waals surface area contributed by atoms with E-state index < -0.39 is 0 Å². The predicted octanol–water partition coefficient (Wildman–Crippen LogP) is 5.53. The molecule has 1 heterocycles. The van der Waals surface area contributed by atoms with Crippen LogP contribution in [0.5, 0.6) is 11.5 Å². The minimum Gasteiger partial charge on any atom is -0.493 e. The van der Waals surface area contributed by atoms with Gasteiger partial charge in [-0.15, -0.1) is 0 Å². The number of carbonyl (C=O) groups is 1. The van der Waals surface area contributed by atoms with Crippen molar-refractivity contribution in [3.8, 4) is 11.5 Å². The van der Waals surface area contributed by atoms with Gasteiger partial charge < -0.3 is 14.8 Å². The second kappa shape index (κ2) is 7.90. The summed E-state index contributed by atoms with van der Waals surface area (Å²) in [6.45, 7) is 0.444. The summed E-state index contributed by atoms with van der Waals surface area (Å²) < 4.78 is 12.4. The lowest BCUT2D eigenvalue weighted by Gasteiger charge is -2.12. The van der Waals surface area contributed by atoms with Crippen LogP contribution in [0.25, 0.3) is 11.6 Å². The average molecular weight is 436 g/mol. The van der Waals surface area contributed by atoms with Crippen molar-refractivity contribution in [1.82, 2.24) is 0 Å². The summed E-state index contributed by atoms with van der Waals surface area (Å²) in [6.07, 6.45) is 1.86. The van der Waals surface area contributed by atoms with Crippen molar-refractivity contribution in [3.63, 3.8) is 0 Å². The molecule has 5 heteroatoms. The molecule has 28 heavy (non-hydrogen) atoms. The maximum Gasteiger partial charge on any atom is 0.256 e. The third kappa shape index (κ3) is 3.80. The first kappa shape index (κ1) is 18.3. The van der Waals surface area contributed by atoms with Crippen molar-refractivity contribution in [2.75, 3.05) is 12.4 Å². The highest BCUT2D eigenvalue weighted by Gasteiger charge is 2.23. The third-order valence-electron chi connectivity index (χ3n) is 4.52. The molecule has 3 aromatic rings. The number of carbonyl (C=O) groups excluding carboxylic acids is 1. The van der Waals surface area contributed by atoms with Gasteiger partial charge in [0.05, 0.1) is 7.11 Å². The molecule has 0 radical (unpaired) electrons. The van der Waals surface area contributed by atoms with Crippen LogP contribution in [0.15, 0.2) is 71.2 Å². The average Bonchev–Trinajstić information content (AvgIpc) is 3.03. The number of halogens is 1. The van der Waals surface area contributed by atoms with Crippen LogP contribution in [0.1, 0.15) is 16.7 Å². The fraction of sp³-hybridized carbons (Fsp3) is 0.0870. The highest BCUT2D eigenvalue weighted by atomic mass is 79.9. The van der Waals surface area contributed by atoms with Gasteiger partial charge in [0.15, 0.2) is 11.5 Å². The number of anilines is 1. The van der Waals surface area contributed by atoms with Crippen LogP contribution in [-0.2, 0) is 11.4 Å². The molecule has 0 saturated heterocycles. The van der Waals surface area contributed by atoms with E-state index in [0.29, 0.717) is 23.7 Å². The first-order valence-electron chi connectivity index (χ1n) is 8.82. The maximum absolute atomic E-state index is 12.3. The van der Waals surface area contributed by atoms with Gasteiger partial charge in [0.25, 0.3) is 5.91 Å². The van der Waals surface area contributed by atoms with Crippen LogP contribution in [-0.4, -0.2) is 13.0 Å². The van der Waals surface area contributed by atoms with Crippen LogP contribution in [0.3, 0.4) is 0 Å². The Morgan fingerprint density at radius 2 is 1.79 bits per heavy atom. The first-order chi connectivity index (χ1) is 13.6. The Kier molecular flexibility index (Phi) is 5.17. The lowest BCUT2D eigenvalue weighted by Crippen LogP contribution is -2.03. The van der Waals surface area contributed by atoms with Crippen molar-refractivity contribution < 1.29 is 14.3 Å². The van der Waals surface area contributed by atoms with E-state index in [1.165, 1.54) is 0 Å². The SMILES string of the molecule is COc1cc(/C=C2\C(=O)Nc3ccccc32)ccc1OCc1ccc(Br)cc1. The van der Waals surface area contributed by atoms with Crippen molar-refractivity contribution in [1.29, 1.82) is 0 Å². The molecule has 0 spiro atoms. The number of nitrogens with one attached hydrogen (secondary N) is 1. The molecule has 140 valence electrons. The van der Waals surface area contributed by atoms with Gasteiger partial charge in [-0.3, -0.25) is 4.79 Å². The largest absolute Gasteiger partial charge is 0.493 e. The zero-order valence-corrected chi connectivity index (χ0v) is 16.8. The Balaban J connectivity index is 1.57. The Hall–Kier alpha value is -3.05. The number of fused-ring (bicyclic) bond motifs is 1. The number of methoxy groups -OCH3 is 1. The van der Waals surface area contributed by atoms with Crippen LogP contribution in [0.4, 0.5) is 5.69 Å². The van der Waals surface area contributed by atoms with E-state index >= 15 is 0 Å². The fourth-order valence-electron chi connectivity index (χ4n) is 3.08. The normalized spacial score (nSPS) is 13.9. The Bertz CT molecular complexity index is 1060. The van der Waals surface area contributed by atoms with E-state index in [1.807, 2.05) is 72.8 Å². The molecule has 4 nitrogen and oxygen atoms in total. The second-order valence-electron chi connectivity index (χ2n) is 6.38. The summed E-state index contributed by atoms with van der Waals surface area (Å²) in [5.74, 6) is 1.18. The molecule has 1 N–H and O–H groups in total. The van der Waals surface area contributed by atoms with E-state index in [-0.39, 0.29) is 5.91 Å². The molecular formula is C23H18BrNO3. The minimum atomic E-state index is -0.101. The van der Waals surface area contributed by atoms with Gasteiger partial charge in [-0.2, -0.15) is 0 Å². The van der Waals surface area contributed by atoms with Gasteiger partial charge >= 0.3 is 0 Å². The summed E-state index contributed by atoms with van der Waals surface area (Å²) in [7, 11) is 1.61. The highest BCUT2D eigenvalue weighted by Crippen LogP contribution is 2.35. The van der Waals surface area contributed by atoms with Crippen LogP contribution in [0.2, 0.25) is 0 Å². The van der Waals surface area contributed by atoms with Gasteiger partial charge in [0, 0.05) is 21.3 Å². The smallest absolute Gasteiger partial charge is 0.256 e. The summed E-state index contributed by atoms with van der Waals surface area (Å²) in [6, 6.07) is 21.3. The zero-order chi connectivity index (χ0) is 19.5. The van der Waals surface area contributed by atoms with E-state index in [2.05, 4.69) is 21.2 Å². The number of amides is 1. The molecule has 3 aromatic carbocycles. The van der Waals surface area contributed by atoms with E-state index in [9.17, 15) is 4.79 Å². The summed E-state index contributed by atoms with van der Waals surface area (Å²) in [5, 5.41) is 2.88. The van der Waals surface area contributed by atoms with Crippen molar-refractivity contribution in [2.45, 2.75) is 6.61 Å². The topological polar surface area (TPSA) is 47.6 Å². The van der Waals surface area contributed by atoms with Crippen LogP contribution >= 0.6 is 15.9 Å². The second-order valence-corrected chi connectivity index (χ2v) is 7.30. The molecule has 0 saturated carbocycles. The summed E-state index contributed by atoms with van der Waals surface area (Å²) in [5.41, 5.74) is 4.31. The molecule has 0 bridgehead atoms. The monoisotopic (exact) mass is 435 g/mol. The number of rotatable bonds is 5. The number of para-hydroxylation sites is 1. The van der Waals surface area contributed by atoms with Gasteiger partial charge in [0.1, 0.15) is 6.61 Å². The van der Waals surface area contributed by atoms with E-state index in [4.69, 9.17) is 9.47 Å². The first-order valence-corrected chi connectivity index (χ1v) is 9.61. The molecule has 0 atom stereocenters. The van der Waals surface area contributed by atoms with Crippen LogP contribution < -0.4 is 14.8 Å². The summed E-state index contributed by atoms with van der Waals surface area (Å²) in [4.78, 5) is 12.3. The molecule has 0 aliphatic carbocycles. The predicted molar refractivity (Wildman–Crippen MR) is 114 cm³/mol. The van der Waals surface area contributed by atoms with E-state index in [0.717, 1.165) is 26.9 Å². The number of hydrogen-bond donors (Lipinski definition) is 1. The number of ether oxygens (including phenoxy) is 2.